The van der Waals surface area contributed by atoms with Gasteiger partial charge in [0.1, 0.15) is 12.1 Å². The lowest BCUT2D eigenvalue weighted by molar-refractivity contribution is -0.129. The van der Waals surface area contributed by atoms with Crippen molar-refractivity contribution >= 4 is 11.8 Å². The molecule has 0 saturated carbocycles. The van der Waals surface area contributed by atoms with Crippen LogP contribution in [0.1, 0.15) is 20.3 Å². The van der Waals surface area contributed by atoms with Crippen LogP contribution in [0.2, 0.25) is 0 Å². The van der Waals surface area contributed by atoms with Crippen LogP contribution in [0.25, 0.3) is 0 Å². The van der Waals surface area contributed by atoms with Crippen molar-refractivity contribution in [2.75, 3.05) is 20.3 Å². The van der Waals surface area contributed by atoms with E-state index in [0.717, 1.165) is 6.42 Å². The molecule has 2 unspecified atom stereocenters. The van der Waals surface area contributed by atoms with Gasteiger partial charge in [0.2, 0.25) is 11.8 Å². The first-order chi connectivity index (χ1) is 7.52. The molecule has 0 bridgehead atoms. The molecule has 0 aliphatic rings. The number of nitrogens with two attached hydrogens (primary N) is 1. The highest BCUT2D eigenvalue weighted by molar-refractivity contribution is 5.89. The fraction of sp³-hybridized carbons (Fsp3) is 0.800. The normalized spacial score (nSPS) is 14.0. The maximum Gasteiger partial charge on any atom is 0.242 e. The van der Waals surface area contributed by atoms with Crippen LogP contribution in [0.15, 0.2) is 0 Å². The summed E-state index contributed by atoms with van der Waals surface area (Å²) in [6.45, 7) is 4.30. The molecule has 0 aliphatic heterocycles. The monoisotopic (exact) mass is 231 g/mol. The van der Waals surface area contributed by atoms with Crippen LogP contribution in [-0.2, 0) is 14.3 Å². The van der Waals surface area contributed by atoms with Crippen molar-refractivity contribution in [3.63, 3.8) is 0 Å². The van der Waals surface area contributed by atoms with Crippen molar-refractivity contribution in [3.05, 3.63) is 0 Å². The topological polar surface area (TPSA) is 93.5 Å². The number of hydrogen-bond donors (Lipinski definition) is 3. The molecule has 0 rings (SSSR count). The van der Waals surface area contributed by atoms with Crippen molar-refractivity contribution in [3.8, 4) is 0 Å². The lowest BCUT2D eigenvalue weighted by Crippen LogP contribution is -2.51. The molecule has 4 N–H and O–H groups in total. The summed E-state index contributed by atoms with van der Waals surface area (Å²) in [5, 5.41) is 5.20. The number of amides is 2. The second kappa shape index (κ2) is 8.06. The first kappa shape index (κ1) is 14.9. The lowest BCUT2D eigenvalue weighted by Gasteiger charge is -2.16. The van der Waals surface area contributed by atoms with E-state index in [2.05, 4.69) is 10.6 Å². The third-order valence-corrected chi connectivity index (χ3v) is 1.98. The highest BCUT2D eigenvalue weighted by Crippen LogP contribution is 1.87. The smallest absolute Gasteiger partial charge is 0.242 e. The van der Waals surface area contributed by atoms with Gasteiger partial charge in [0.05, 0.1) is 6.61 Å². The van der Waals surface area contributed by atoms with Crippen molar-refractivity contribution in [1.29, 1.82) is 0 Å². The quantitative estimate of drug-likeness (QED) is 0.523. The number of ether oxygens (including phenoxy) is 1. The highest BCUT2D eigenvalue weighted by Gasteiger charge is 2.19. The van der Waals surface area contributed by atoms with Crippen molar-refractivity contribution in [1.82, 2.24) is 10.6 Å². The molecular weight excluding hydrogens is 210 g/mol. The Morgan fingerprint density at radius 3 is 2.50 bits per heavy atom. The van der Waals surface area contributed by atoms with Gasteiger partial charge >= 0.3 is 0 Å². The Bertz CT molecular complexity index is 233. The van der Waals surface area contributed by atoms with Crippen LogP contribution in [-0.4, -0.2) is 44.2 Å². The minimum atomic E-state index is -0.744. The Kier molecular flexibility index (Phi) is 7.49. The highest BCUT2D eigenvalue weighted by atomic mass is 16.5. The molecular formula is C10H21N3O3. The van der Waals surface area contributed by atoms with Gasteiger partial charge in [0, 0.05) is 13.7 Å². The summed E-state index contributed by atoms with van der Waals surface area (Å²) in [7, 11) is 1.46. The van der Waals surface area contributed by atoms with E-state index in [9.17, 15) is 9.59 Å². The van der Waals surface area contributed by atoms with E-state index in [4.69, 9.17) is 10.5 Å². The van der Waals surface area contributed by atoms with Crippen molar-refractivity contribution < 1.29 is 14.3 Å². The van der Waals surface area contributed by atoms with Crippen molar-refractivity contribution in [2.24, 2.45) is 5.73 Å². The van der Waals surface area contributed by atoms with Crippen LogP contribution in [0, 0.1) is 0 Å². The molecule has 6 heteroatoms. The second-order valence-electron chi connectivity index (χ2n) is 3.58. The average molecular weight is 231 g/mol. The Balaban J connectivity index is 3.98. The predicted molar refractivity (Wildman–Crippen MR) is 60.8 cm³/mol. The zero-order valence-electron chi connectivity index (χ0n) is 10.1. The van der Waals surface area contributed by atoms with Gasteiger partial charge in [-0.25, -0.2) is 0 Å². The van der Waals surface area contributed by atoms with Gasteiger partial charge in [-0.1, -0.05) is 6.92 Å². The van der Waals surface area contributed by atoms with Crippen LogP contribution in [0.4, 0.5) is 0 Å². The Labute approximate surface area is 95.9 Å². The number of nitrogens with one attached hydrogen (secondary N) is 2. The molecule has 16 heavy (non-hydrogen) atoms. The molecule has 2 amide bonds. The largest absolute Gasteiger partial charge is 0.383 e. The van der Waals surface area contributed by atoms with E-state index in [1.54, 1.807) is 6.92 Å². The van der Waals surface area contributed by atoms with E-state index >= 15 is 0 Å². The minimum Gasteiger partial charge on any atom is -0.383 e. The molecule has 0 heterocycles. The van der Waals surface area contributed by atoms with Crippen LogP contribution < -0.4 is 16.4 Å². The Hall–Kier alpha value is -1.14. The molecule has 94 valence electrons. The summed E-state index contributed by atoms with van der Waals surface area (Å²) >= 11 is 0. The summed E-state index contributed by atoms with van der Waals surface area (Å²) in [6, 6.07) is -1.33. The molecule has 0 saturated heterocycles. The Morgan fingerprint density at radius 1 is 1.38 bits per heavy atom. The summed E-state index contributed by atoms with van der Waals surface area (Å²) < 4.78 is 4.75. The zero-order valence-corrected chi connectivity index (χ0v) is 10.1. The number of rotatable bonds is 7. The minimum absolute atomic E-state index is 0.134. The number of hydrogen-bond acceptors (Lipinski definition) is 4. The van der Waals surface area contributed by atoms with Gasteiger partial charge in [0.15, 0.2) is 0 Å². The molecule has 0 aromatic rings. The standard InChI is InChI=1S/C10H21N3O3/c1-4-5-12-9(14)7(2)13-10(15)8(11)6-16-3/h7-8H,4-6,11H2,1-3H3,(H,12,14)(H,13,15). The van der Waals surface area contributed by atoms with Crippen LogP contribution >= 0.6 is 0 Å². The van der Waals surface area contributed by atoms with E-state index in [1.807, 2.05) is 6.92 Å². The van der Waals surface area contributed by atoms with Crippen molar-refractivity contribution in [2.45, 2.75) is 32.4 Å². The van der Waals surface area contributed by atoms with E-state index in [-0.39, 0.29) is 18.4 Å². The summed E-state index contributed by atoms with van der Waals surface area (Å²) in [5.41, 5.74) is 5.51. The fourth-order valence-electron chi connectivity index (χ4n) is 1.04. The van der Waals surface area contributed by atoms with E-state index < -0.39 is 12.1 Å². The number of carbonyl (C=O) groups is 2. The lowest BCUT2D eigenvalue weighted by atomic mass is 10.2. The molecule has 0 aromatic heterocycles. The first-order valence-electron chi connectivity index (χ1n) is 5.35. The Morgan fingerprint density at radius 2 is 2.00 bits per heavy atom. The predicted octanol–water partition coefficient (Wildman–Crippen LogP) is -1.01. The SMILES string of the molecule is CCCNC(=O)C(C)NC(=O)C(N)COC. The van der Waals surface area contributed by atoms with Gasteiger partial charge in [0.25, 0.3) is 0 Å². The van der Waals surface area contributed by atoms with Gasteiger partial charge in [-0.3, -0.25) is 9.59 Å². The molecule has 0 radical (unpaired) electrons. The zero-order chi connectivity index (χ0) is 12.6. The van der Waals surface area contributed by atoms with Gasteiger partial charge in [-0.05, 0) is 13.3 Å². The third kappa shape index (κ3) is 5.67. The molecule has 0 aliphatic carbocycles. The molecule has 2 atom stereocenters. The number of methoxy groups -OCH3 is 1. The third-order valence-electron chi connectivity index (χ3n) is 1.98. The van der Waals surface area contributed by atoms with Gasteiger partial charge < -0.3 is 21.1 Å². The number of carbonyl (C=O) groups excluding carboxylic acids is 2. The average Bonchev–Trinajstić information content (AvgIpc) is 2.25. The van der Waals surface area contributed by atoms with Crippen LogP contribution in [0.5, 0.6) is 0 Å². The van der Waals surface area contributed by atoms with E-state index in [0.29, 0.717) is 6.54 Å². The molecule has 0 spiro atoms. The molecule has 6 nitrogen and oxygen atoms in total. The summed E-state index contributed by atoms with van der Waals surface area (Å²) in [4.78, 5) is 22.8. The van der Waals surface area contributed by atoms with Crippen LogP contribution in [0.3, 0.4) is 0 Å². The first-order valence-corrected chi connectivity index (χ1v) is 5.35. The maximum absolute atomic E-state index is 11.4. The summed E-state index contributed by atoms with van der Waals surface area (Å²) in [5.74, 6) is -0.596. The van der Waals surface area contributed by atoms with E-state index in [1.165, 1.54) is 7.11 Å². The second-order valence-corrected chi connectivity index (χ2v) is 3.58. The summed E-state index contributed by atoms with van der Waals surface area (Å²) in [6.07, 6.45) is 0.857. The van der Waals surface area contributed by atoms with Gasteiger partial charge in [-0.2, -0.15) is 0 Å². The molecule has 0 aromatic carbocycles. The maximum atomic E-state index is 11.4. The van der Waals surface area contributed by atoms with Gasteiger partial charge in [-0.15, -0.1) is 0 Å². The molecule has 0 fully saturated rings. The fourth-order valence-corrected chi connectivity index (χ4v) is 1.04.